The Balaban J connectivity index is 4.22. The zero-order valence-corrected chi connectivity index (χ0v) is 9.65. The van der Waals surface area contributed by atoms with E-state index in [0.717, 1.165) is 0 Å². The lowest BCUT2D eigenvalue weighted by Crippen LogP contribution is -2.47. The van der Waals surface area contributed by atoms with Crippen LogP contribution in [0, 0.1) is 0 Å². The Bertz CT molecular complexity index is 113. The lowest BCUT2D eigenvalue weighted by molar-refractivity contribution is 0.0882. The summed E-state index contributed by atoms with van der Waals surface area (Å²) in [6, 6.07) is 0.713. The van der Waals surface area contributed by atoms with Crippen LogP contribution in [0.4, 0.5) is 0 Å². The molecule has 0 aliphatic carbocycles. The molecule has 0 aromatic carbocycles. The van der Waals surface area contributed by atoms with Gasteiger partial charge in [-0.25, -0.2) is 0 Å². The Hall–Kier alpha value is -0.0400. The minimum Gasteiger partial charge on any atom is -0.296 e. The van der Waals surface area contributed by atoms with Gasteiger partial charge in [0.25, 0.3) is 0 Å². The largest absolute Gasteiger partial charge is 0.296 e. The molecule has 0 rings (SSSR count). The van der Waals surface area contributed by atoms with E-state index in [2.05, 4.69) is 46.4 Å². The molecule has 0 N–H and O–H groups in total. The molecule has 0 heterocycles. The molecule has 1 heteroatoms. The lowest BCUT2D eigenvalue weighted by atomic mass is 10.0. The van der Waals surface area contributed by atoms with Crippen molar-refractivity contribution in [2.45, 2.75) is 66.0 Å². The Morgan fingerprint density at radius 2 is 1.67 bits per heavy atom. The van der Waals surface area contributed by atoms with E-state index in [4.69, 9.17) is 0 Å². The average Bonchev–Trinajstić information content (AvgIpc) is 1.96. The normalized spacial score (nSPS) is 15.2. The van der Waals surface area contributed by atoms with E-state index >= 15 is 0 Å². The highest BCUT2D eigenvalue weighted by Gasteiger charge is 2.23. The molecule has 74 valence electrons. The molecular weight excluding hydrogens is 146 g/mol. The Kier molecular flexibility index (Phi) is 4.84. The van der Waals surface area contributed by atoms with Crippen LogP contribution in [-0.4, -0.2) is 23.0 Å². The second-order valence-corrected chi connectivity index (χ2v) is 4.62. The summed E-state index contributed by atoms with van der Waals surface area (Å²) < 4.78 is 0. The highest BCUT2D eigenvalue weighted by molar-refractivity contribution is 4.79. The van der Waals surface area contributed by atoms with E-state index in [0.29, 0.717) is 11.6 Å². The molecule has 0 saturated heterocycles. The van der Waals surface area contributed by atoms with Gasteiger partial charge in [0, 0.05) is 11.6 Å². The molecule has 0 aliphatic heterocycles. The van der Waals surface area contributed by atoms with E-state index in [-0.39, 0.29) is 0 Å². The van der Waals surface area contributed by atoms with Crippen molar-refractivity contribution in [1.82, 2.24) is 4.90 Å². The first-order chi connectivity index (χ1) is 5.43. The van der Waals surface area contributed by atoms with Crippen molar-refractivity contribution >= 4 is 0 Å². The highest BCUT2D eigenvalue weighted by atomic mass is 15.2. The first kappa shape index (κ1) is 12.0. The lowest BCUT2D eigenvalue weighted by Gasteiger charge is -2.40. The molecule has 0 aromatic heterocycles. The Morgan fingerprint density at radius 3 is 1.92 bits per heavy atom. The number of nitrogens with zero attached hydrogens (tertiary/aromatic N) is 1. The molecule has 1 atom stereocenters. The Morgan fingerprint density at radius 1 is 1.17 bits per heavy atom. The summed E-state index contributed by atoms with van der Waals surface area (Å²) in [7, 11) is 0. The molecule has 1 nitrogen and oxygen atoms in total. The van der Waals surface area contributed by atoms with Crippen molar-refractivity contribution in [1.29, 1.82) is 0 Å². The molecule has 0 saturated carbocycles. The average molecular weight is 171 g/mol. The Labute approximate surface area is 78.1 Å². The number of rotatable bonds is 4. The van der Waals surface area contributed by atoms with Gasteiger partial charge in [0.2, 0.25) is 0 Å². The zero-order chi connectivity index (χ0) is 9.78. The van der Waals surface area contributed by atoms with Crippen LogP contribution in [0.5, 0.6) is 0 Å². The smallest absolute Gasteiger partial charge is 0.0127 e. The SMILES string of the molecule is CCCN(C(C)CC)C(C)(C)C. The van der Waals surface area contributed by atoms with Gasteiger partial charge in [-0.1, -0.05) is 13.8 Å². The van der Waals surface area contributed by atoms with Gasteiger partial charge in [-0.05, 0) is 47.1 Å². The summed E-state index contributed by atoms with van der Waals surface area (Å²) >= 11 is 0. The van der Waals surface area contributed by atoms with Crippen LogP contribution < -0.4 is 0 Å². The second kappa shape index (κ2) is 4.86. The zero-order valence-electron chi connectivity index (χ0n) is 9.65. The molecule has 0 aliphatic rings. The van der Waals surface area contributed by atoms with Gasteiger partial charge in [0.1, 0.15) is 0 Å². The van der Waals surface area contributed by atoms with E-state index in [1.165, 1.54) is 19.4 Å². The number of hydrogen-bond donors (Lipinski definition) is 0. The molecule has 0 radical (unpaired) electrons. The maximum absolute atomic E-state index is 2.59. The van der Waals surface area contributed by atoms with Crippen LogP contribution in [0.15, 0.2) is 0 Å². The van der Waals surface area contributed by atoms with Gasteiger partial charge in [0.15, 0.2) is 0 Å². The van der Waals surface area contributed by atoms with Crippen LogP contribution in [0.2, 0.25) is 0 Å². The summed E-state index contributed by atoms with van der Waals surface area (Å²) in [5, 5.41) is 0. The van der Waals surface area contributed by atoms with Crippen LogP contribution in [0.25, 0.3) is 0 Å². The standard InChI is InChI=1S/C11H25N/c1-7-9-12(10(3)8-2)11(4,5)6/h10H,7-9H2,1-6H3. The molecule has 0 amide bonds. The second-order valence-electron chi connectivity index (χ2n) is 4.62. The predicted octanol–water partition coefficient (Wildman–Crippen LogP) is 3.30. The maximum atomic E-state index is 2.59. The van der Waals surface area contributed by atoms with Crippen molar-refractivity contribution in [2.24, 2.45) is 0 Å². The van der Waals surface area contributed by atoms with Gasteiger partial charge in [-0.15, -0.1) is 0 Å². The monoisotopic (exact) mass is 171 g/mol. The summed E-state index contributed by atoms with van der Waals surface area (Å²) in [5.41, 5.74) is 0.325. The summed E-state index contributed by atoms with van der Waals surface area (Å²) in [5.74, 6) is 0. The summed E-state index contributed by atoms with van der Waals surface area (Å²) in [6.07, 6.45) is 2.50. The van der Waals surface area contributed by atoms with E-state index in [1.54, 1.807) is 0 Å². The van der Waals surface area contributed by atoms with Crippen LogP contribution in [-0.2, 0) is 0 Å². The third kappa shape index (κ3) is 3.57. The van der Waals surface area contributed by atoms with Crippen molar-refractivity contribution in [3.05, 3.63) is 0 Å². The van der Waals surface area contributed by atoms with Crippen molar-refractivity contribution in [3.8, 4) is 0 Å². The third-order valence-electron chi connectivity index (χ3n) is 2.45. The molecule has 0 spiro atoms. The minimum atomic E-state index is 0.325. The van der Waals surface area contributed by atoms with Crippen molar-refractivity contribution in [2.75, 3.05) is 6.54 Å². The van der Waals surface area contributed by atoms with Crippen LogP contribution in [0.3, 0.4) is 0 Å². The number of hydrogen-bond acceptors (Lipinski definition) is 1. The van der Waals surface area contributed by atoms with Gasteiger partial charge in [-0.2, -0.15) is 0 Å². The highest BCUT2D eigenvalue weighted by Crippen LogP contribution is 2.18. The van der Waals surface area contributed by atoms with E-state index < -0.39 is 0 Å². The quantitative estimate of drug-likeness (QED) is 0.627. The topological polar surface area (TPSA) is 3.24 Å². The van der Waals surface area contributed by atoms with Crippen molar-refractivity contribution in [3.63, 3.8) is 0 Å². The molecule has 0 fully saturated rings. The van der Waals surface area contributed by atoms with E-state index in [1.807, 2.05) is 0 Å². The van der Waals surface area contributed by atoms with Gasteiger partial charge < -0.3 is 0 Å². The van der Waals surface area contributed by atoms with Crippen LogP contribution in [0.1, 0.15) is 54.4 Å². The fraction of sp³-hybridized carbons (Fsp3) is 1.00. The fourth-order valence-electron chi connectivity index (χ4n) is 1.68. The first-order valence-corrected chi connectivity index (χ1v) is 5.20. The molecule has 0 aromatic rings. The van der Waals surface area contributed by atoms with Gasteiger partial charge in [-0.3, -0.25) is 4.90 Å². The minimum absolute atomic E-state index is 0.325. The summed E-state index contributed by atoms with van der Waals surface area (Å²) in [6.45, 7) is 15.0. The molecule has 12 heavy (non-hydrogen) atoms. The van der Waals surface area contributed by atoms with E-state index in [9.17, 15) is 0 Å². The van der Waals surface area contributed by atoms with Crippen LogP contribution >= 0.6 is 0 Å². The predicted molar refractivity (Wildman–Crippen MR) is 56.5 cm³/mol. The van der Waals surface area contributed by atoms with Gasteiger partial charge >= 0.3 is 0 Å². The summed E-state index contributed by atoms with van der Waals surface area (Å²) in [4.78, 5) is 2.59. The van der Waals surface area contributed by atoms with Gasteiger partial charge in [0.05, 0.1) is 0 Å². The fourth-order valence-corrected chi connectivity index (χ4v) is 1.68. The first-order valence-electron chi connectivity index (χ1n) is 5.20. The molecule has 0 bridgehead atoms. The maximum Gasteiger partial charge on any atom is 0.0127 e. The third-order valence-corrected chi connectivity index (χ3v) is 2.45. The van der Waals surface area contributed by atoms with Crippen molar-refractivity contribution < 1.29 is 0 Å². The molecular formula is C11H25N. The molecule has 1 unspecified atom stereocenters.